The minimum Gasteiger partial charge on any atom is -0.476 e. The molecule has 16 heavy (non-hydrogen) atoms. The van der Waals surface area contributed by atoms with Crippen LogP contribution in [0.15, 0.2) is 25.0 Å². The van der Waals surface area contributed by atoms with Gasteiger partial charge in [-0.1, -0.05) is 12.7 Å². The van der Waals surface area contributed by atoms with Crippen molar-refractivity contribution in [3.05, 3.63) is 30.7 Å². The summed E-state index contributed by atoms with van der Waals surface area (Å²) in [6.07, 6.45) is 2.86. The van der Waals surface area contributed by atoms with Crippen LogP contribution in [0.25, 0.3) is 0 Å². The van der Waals surface area contributed by atoms with Crippen LogP contribution in [0.1, 0.15) is 10.5 Å². The average Bonchev–Trinajstić information content (AvgIpc) is 2.27. The number of amides is 1. The van der Waals surface area contributed by atoms with E-state index in [9.17, 15) is 9.59 Å². The Morgan fingerprint density at radius 3 is 2.75 bits per heavy atom. The van der Waals surface area contributed by atoms with E-state index in [2.05, 4.69) is 26.6 Å². The number of nitrogens with zero attached hydrogens (tertiary/aromatic N) is 2. The van der Waals surface area contributed by atoms with Crippen molar-refractivity contribution in [3.63, 3.8) is 0 Å². The quantitative estimate of drug-likeness (QED) is 0.735. The number of carbonyl (C=O) groups excluding carboxylic acids is 1. The summed E-state index contributed by atoms with van der Waals surface area (Å²) in [5.74, 6) is -1.08. The zero-order chi connectivity index (χ0) is 12.0. The number of anilines is 1. The molecule has 1 aromatic rings. The summed E-state index contributed by atoms with van der Waals surface area (Å²) in [7, 11) is 0. The lowest BCUT2D eigenvalue weighted by molar-refractivity contribution is 0.0690. The molecule has 0 radical (unpaired) electrons. The Bertz CT molecular complexity index is 402. The van der Waals surface area contributed by atoms with Crippen LogP contribution in [0.2, 0.25) is 0 Å². The average molecular weight is 223 g/mol. The number of aromatic nitrogens is 2. The molecule has 2 N–H and O–H groups in total. The summed E-state index contributed by atoms with van der Waals surface area (Å²) < 4.78 is 4.62. The second kappa shape index (κ2) is 5.44. The van der Waals surface area contributed by atoms with E-state index in [-0.39, 0.29) is 18.1 Å². The molecule has 1 rings (SSSR count). The molecule has 0 atom stereocenters. The standard InChI is InChI=1S/C9H9N3O4/c1-2-3-16-9(15)12-7-5-10-6(4-11-7)8(13)14/h2,4-5H,1,3H2,(H,13,14)(H,11,12,15). The highest BCUT2D eigenvalue weighted by Gasteiger charge is 2.07. The third-order valence-electron chi connectivity index (χ3n) is 1.43. The van der Waals surface area contributed by atoms with Crippen LogP contribution in [0.4, 0.5) is 10.6 Å². The van der Waals surface area contributed by atoms with Crippen LogP contribution in [-0.2, 0) is 4.74 Å². The first-order valence-electron chi connectivity index (χ1n) is 4.23. The Hall–Kier alpha value is -2.44. The fourth-order valence-electron chi connectivity index (χ4n) is 0.778. The normalized spacial score (nSPS) is 9.25. The Kier molecular flexibility index (Phi) is 3.96. The van der Waals surface area contributed by atoms with Gasteiger partial charge in [0.2, 0.25) is 0 Å². The first kappa shape index (κ1) is 11.6. The molecule has 0 saturated carbocycles. The molecule has 1 heterocycles. The molecule has 7 heteroatoms. The summed E-state index contributed by atoms with van der Waals surface area (Å²) in [6.45, 7) is 3.45. The highest BCUT2D eigenvalue weighted by molar-refractivity contribution is 5.86. The second-order valence-corrected chi connectivity index (χ2v) is 2.60. The van der Waals surface area contributed by atoms with Gasteiger partial charge in [0.25, 0.3) is 0 Å². The van der Waals surface area contributed by atoms with E-state index in [4.69, 9.17) is 5.11 Å². The zero-order valence-electron chi connectivity index (χ0n) is 8.21. The van der Waals surface area contributed by atoms with Crippen molar-refractivity contribution in [2.24, 2.45) is 0 Å². The van der Waals surface area contributed by atoms with Gasteiger partial charge in [0.05, 0.1) is 12.4 Å². The smallest absolute Gasteiger partial charge is 0.413 e. The summed E-state index contributed by atoms with van der Waals surface area (Å²) in [5.41, 5.74) is -0.204. The first-order valence-corrected chi connectivity index (χ1v) is 4.23. The second-order valence-electron chi connectivity index (χ2n) is 2.60. The zero-order valence-corrected chi connectivity index (χ0v) is 8.21. The van der Waals surface area contributed by atoms with Crippen molar-refractivity contribution in [2.75, 3.05) is 11.9 Å². The Balaban J connectivity index is 2.58. The van der Waals surface area contributed by atoms with Gasteiger partial charge in [-0.05, 0) is 0 Å². The fourth-order valence-corrected chi connectivity index (χ4v) is 0.778. The lowest BCUT2D eigenvalue weighted by Crippen LogP contribution is -2.15. The van der Waals surface area contributed by atoms with Crippen molar-refractivity contribution < 1.29 is 19.4 Å². The van der Waals surface area contributed by atoms with Crippen LogP contribution in [0.3, 0.4) is 0 Å². The van der Waals surface area contributed by atoms with Crippen molar-refractivity contribution in [1.82, 2.24) is 9.97 Å². The molecule has 84 valence electrons. The fraction of sp³-hybridized carbons (Fsp3) is 0.111. The molecule has 0 aromatic carbocycles. The van der Waals surface area contributed by atoms with Crippen LogP contribution in [0.5, 0.6) is 0 Å². The molecule has 0 aliphatic carbocycles. The van der Waals surface area contributed by atoms with Crippen LogP contribution < -0.4 is 5.32 Å². The van der Waals surface area contributed by atoms with Gasteiger partial charge in [0.1, 0.15) is 6.61 Å². The number of hydrogen-bond acceptors (Lipinski definition) is 5. The van der Waals surface area contributed by atoms with Gasteiger partial charge in [-0.15, -0.1) is 0 Å². The Morgan fingerprint density at radius 1 is 1.50 bits per heavy atom. The number of aromatic carboxylic acids is 1. The Morgan fingerprint density at radius 2 is 2.25 bits per heavy atom. The summed E-state index contributed by atoms with van der Waals surface area (Å²) in [6, 6.07) is 0. The maximum atomic E-state index is 11.0. The van der Waals surface area contributed by atoms with Gasteiger partial charge in [0, 0.05) is 0 Å². The molecule has 0 fully saturated rings. The minimum absolute atomic E-state index is 0.0759. The highest BCUT2D eigenvalue weighted by Crippen LogP contribution is 2.01. The van der Waals surface area contributed by atoms with Crippen molar-refractivity contribution >= 4 is 17.9 Å². The maximum Gasteiger partial charge on any atom is 0.413 e. The van der Waals surface area contributed by atoms with E-state index in [1.165, 1.54) is 6.08 Å². The molecule has 0 bridgehead atoms. The summed E-state index contributed by atoms with van der Waals surface area (Å²) >= 11 is 0. The Labute approximate surface area is 90.8 Å². The van der Waals surface area contributed by atoms with Gasteiger partial charge in [-0.25, -0.2) is 19.6 Å². The molecular formula is C9H9N3O4. The summed E-state index contributed by atoms with van der Waals surface area (Å²) in [5, 5.41) is 10.8. The molecule has 0 aliphatic heterocycles. The van der Waals surface area contributed by atoms with Gasteiger partial charge in [-0.3, -0.25) is 5.32 Å². The molecule has 0 saturated heterocycles. The number of carboxylic acid groups (broad SMARTS) is 1. The number of carboxylic acids is 1. The van der Waals surface area contributed by atoms with Crippen molar-refractivity contribution in [2.45, 2.75) is 0 Å². The third kappa shape index (κ3) is 3.37. The minimum atomic E-state index is -1.19. The van der Waals surface area contributed by atoms with Crippen molar-refractivity contribution in [3.8, 4) is 0 Å². The van der Waals surface area contributed by atoms with Gasteiger partial charge in [-0.2, -0.15) is 0 Å². The van der Waals surface area contributed by atoms with E-state index >= 15 is 0 Å². The lowest BCUT2D eigenvalue weighted by atomic mass is 10.4. The SMILES string of the molecule is C=CCOC(=O)Nc1cnc(C(=O)O)cn1. The number of carbonyl (C=O) groups is 2. The van der Waals surface area contributed by atoms with Gasteiger partial charge >= 0.3 is 12.1 Å². The van der Waals surface area contributed by atoms with Crippen LogP contribution in [-0.4, -0.2) is 33.7 Å². The first-order chi connectivity index (χ1) is 7.63. The van der Waals surface area contributed by atoms with E-state index in [0.29, 0.717) is 0 Å². The molecule has 0 spiro atoms. The number of nitrogens with one attached hydrogen (secondary N) is 1. The summed E-state index contributed by atoms with van der Waals surface area (Å²) in [4.78, 5) is 28.7. The third-order valence-corrected chi connectivity index (χ3v) is 1.43. The van der Waals surface area contributed by atoms with Gasteiger partial charge in [0.15, 0.2) is 11.5 Å². The predicted molar refractivity (Wildman–Crippen MR) is 54.2 cm³/mol. The number of ether oxygens (including phenoxy) is 1. The highest BCUT2D eigenvalue weighted by atomic mass is 16.5. The number of rotatable bonds is 4. The monoisotopic (exact) mass is 223 g/mol. The number of hydrogen-bond donors (Lipinski definition) is 2. The van der Waals surface area contributed by atoms with Crippen LogP contribution in [0, 0.1) is 0 Å². The molecule has 7 nitrogen and oxygen atoms in total. The van der Waals surface area contributed by atoms with E-state index < -0.39 is 12.1 Å². The van der Waals surface area contributed by atoms with E-state index in [1.54, 1.807) is 0 Å². The van der Waals surface area contributed by atoms with Crippen molar-refractivity contribution in [1.29, 1.82) is 0 Å². The largest absolute Gasteiger partial charge is 0.476 e. The topological polar surface area (TPSA) is 101 Å². The maximum absolute atomic E-state index is 11.0. The lowest BCUT2D eigenvalue weighted by Gasteiger charge is -2.03. The van der Waals surface area contributed by atoms with E-state index in [1.807, 2.05) is 0 Å². The molecule has 0 aliphatic rings. The van der Waals surface area contributed by atoms with Gasteiger partial charge < -0.3 is 9.84 Å². The molecule has 1 amide bonds. The van der Waals surface area contributed by atoms with E-state index in [0.717, 1.165) is 12.4 Å². The molecule has 0 unspecified atom stereocenters. The predicted octanol–water partition coefficient (Wildman–Crippen LogP) is 0.909. The molecular weight excluding hydrogens is 214 g/mol. The van der Waals surface area contributed by atoms with Crippen LogP contribution >= 0.6 is 0 Å². The molecule has 1 aromatic heterocycles.